The molecule has 0 aromatic rings. The van der Waals surface area contributed by atoms with E-state index in [-0.39, 0.29) is 6.42 Å². The van der Waals surface area contributed by atoms with Gasteiger partial charge < -0.3 is 20.4 Å². The molecule has 4 N–H and O–H groups in total. The van der Waals surface area contributed by atoms with Gasteiger partial charge in [0, 0.05) is 0 Å². The lowest BCUT2D eigenvalue weighted by atomic mass is 9.44. The number of carboxylic acid groups (broad SMARTS) is 4. The highest BCUT2D eigenvalue weighted by Gasteiger charge is 2.65. The van der Waals surface area contributed by atoms with Crippen molar-refractivity contribution in [1.29, 1.82) is 0 Å². The lowest BCUT2D eigenvalue weighted by Gasteiger charge is -2.57. The average Bonchev–Trinajstić information content (AvgIpc) is 2.57. The SMILES string of the molecule is CCCCCCCCC1C(C(=O)O)C(C(=O)O)CC2C(C(=O)O)C(C(=O)O)C12. The Hall–Kier alpha value is -2.12. The van der Waals surface area contributed by atoms with Gasteiger partial charge in [0.1, 0.15) is 0 Å². The van der Waals surface area contributed by atoms with E-state index >= 15 is 0 Å². The number of hydrogen-bond acceptors (Lipinski definition) is 4. The molecule has 2 aliphatic carbocycles. The smallest absolute Gasteiger partial charge is 0.307 e. The molecule has 0 spiro atoms. The number of hydrogen-bond donors (Lipinski definition) is 4. The highest BCUT2D eigenvalue weighted by atomic mass is 16.4. The minimum Gasteiger partial charge on any atom is -0.481 e. The van der Waals surface area contributed by atoms with Gasteiger partial charge in [-0.1, -0.05) is 45.4 Å². The van der Waals surface area contributed by atoms with Crippen LogP contribution in [-0.2, 0) is 19.2 Å². The van der Waals surface area contributed by atoms with E-state index in [1.165, 1.54) is 0 Å². The second-order valence-electron chi connectivity index (χ2n) is 8.23. The molecule has 28 heavy (non-hydrogen) atoms. The quantitative estimate of drug-likeness (QED) is 0.388. The summed E-state index contributed by atoms with van der Waals surface area (Å²) in [4.78, 5) is 46.9. The van der Waals surface area contributed by atoms with Gasteiger partial charge in [-0.05, 0) is 30.6 Å². The Morgan fingerprint density at radius 2 is 1.25 bits per heavy atom. The second kappa shape index (κ2) is 9.39. The van der Waals surface area contributed by atoms with Crippen LogP contribution >= 0.6 is 0 Å². The van der Waals surface area contributed by atoms with Crippen LogP contribution in [-0.4, -0.2) is 44.3 Å². The van der Waals surface area contributed by atoms with Crippen LogP contribution in [0.3, 0.4) is 0 Å². The van der Waals surface area contributed by atoms with E-state index in [2.05, 4.69) is 6.92 Å². The maximum absolute atomic E-state index is 11.9. The van der Waals surface area contributed by atoms with E-state index in [0.717, 1.165) is 32.1 Å². The van der Waals surface area contributed by atoms with Crippen LogP contribution in [0.1, 0.15) is 58.3 Å². The Bertz CT molecular complexity index is 603. The fourth-order valence-electron chi connectivity index (χ4n) is 5.53. The van der Waals surface area contributed by atoms with Gasteiger partial charge in [0.15, 0.2) is 0 Å². The number of carboxylic acids is 4. The number of aliphatic carboxylic acids is 4. The van der Waals surface area contributed by atoms with Crippen molar-refractivity contribution in [3.8, 4) is 0 Å². The zero-order chi connectivity index (χ0) is 21.0. The predicted octanol–water partition coefficient (Wildman–Crippen LogP) is 2.81. The van der Waals surface area contributed by atoms with Crippen molar-refractivity contribution >= 4 is 23.9 Å². The number of unbranched alkanes of at least 4 members (excludes halogenated alkanes) is 5. The van der Waals surface area contributed by atoms with E-state index < -0.39 is 65.3 Å². The van der Waals surface area contributed by atoms with Crippen molar-refractivity contribution in [1.82, 2.24) is 0 Å². The molecule has 2 aliphatic rings. The summed E-state index contributed by atoms with van der Waals surface area (Å²) in [5.74, 6) is -11.4. The molecule has 8 nitrogen and oxygen atoms in total. The molecule has 2 fully saturated rings. The maximum Gasteiger partial charge on any atom is 0.307 e. The van der Waals surface area contributed by atoms with E-state index in [0.29, 0.717) is 12.8 Å². The fraction of sp³-hybridized carbons (Fsp3) is 0.800. The largest absolute Gasteiger partial charge is 0.481 e. The summed E-state index contributed by atoms with van der Waals surface area (Å²) < 4.78 is 0. The molecule has 0 saturated heterocycles. The van der Waals surface area contributed by atoms with E-state index in [1.54, 1.807) is 0 Å². The number of rotatable bonds is 11. The van der Waals surface area contributed by atoms with Crippen LogP contribution in [0.2, 0.25) is 0 Å². The summed E-state index contributed by atoms with van der Waals surface area (Å²) in [6.07, 6.45) is 6.19. The molecular formula is C20H30O8. The van der Waals surface area contributed by atoms with Crippen molar-refractivity contribution in [2.75, 3.05) is 0 Å². The first kappa shape index (κ1) is 22.2. The van der Waals surface area contributed by atoms with Crippen molar-refractivity contribution in [2.24, 2.45) is 41.4 Å². The van der Waals surface area contributed by atoms with Gasteiger partial charge in [0.05, 0.1) is 23.7 Å². The number of fused-ring (bicyclic) bond motifs is 1. The molecule has 2 rings (SSSR count). The molecule has 7 unspecified atom stereocenters. The summed E-state index contributed by atoms with van der Waals surface area (Å²) in [5, 5.41) is 38.2. The normalized spacial score (nSPS) is 34.1. The van der Waals surface area contributed by atoms with Crippen molar-refractivity contribution in [3.05, 3.63) is 0 Å². The minimum atomic E-state index is -1.25. The first-order chi connectivity index (χ1) is 13.2. The van der Waals surface area contributed by atoms with Crippen LogP contribution in [0.15, 0.2) is 0 Å². The Balaban J connectivity index is 2.23. The molecule has 8 heteroatoms. The number of carbonyl (C=O) groups is 4. The van der Waals surface area contributed by atoms with Crippen LogP contribution in [0.5, 0.6) is 0 Å². The zero-order valence-electron chi connectivity index (χ0n) is 16.1. The Morgan fingerprint density at radius 1 is 0.714 bits per heavy atom. The van der Waals surface area contributed by atoms with Crippen LogP contribution < -0.4 is 0 Å². The summed E-state index contributed by atoms with van der Waals surface area (Å²) >= 11 is 0. The summed E-state index contributed by atoms with van der Waals surface area (Å²) in [7, 11) is 0. The fourth-order valence-corrected chi connectivity index (χ4v) is 5.53. The van der Waals surface area contributed by atoms with Gasteiger partial charge in [-0.15, -0.1) is 0 Å². The van der Waals surface area contributed by atoms with Gasteiger partial charge in [-0.25, -0.2) is 0 Å². The van der Waals surface area contributed by atoms with Crippen LogP contribution in [0, 0.1) is 41.4 Å². The molecule has 0 aromatic heterocycles. The van der Waals surface area contributed by atoms with E-state index in [9.17, 15) is 39.6 Å². The zero-order valence-corrected chi connectivity index (χ0v) is 16.1. The highest BCUT2D eigenvalue weighted by Crippen LogP contribution is 2.60. The van der Waals surface area contributed by atoms with E-state index in [1.807, 2.05) is 0 Å². The standard InChI is InChI=1S/C20H30O8/c1-2-3-4-5-6-7-8-10-13-11(15(19(25)26)16(13)20(27)28)9-12(17(21)22)14(10)18(23)24/h10-16H,2-9H2,1H3,(H,21,22)(H,23,24)(H,25,26)(H,27,28). The summed E-state index contributed by atoms with van der Waals surface area (Å²) in [5.41, 5.74) is 0. The topological polar surface area (TPSA) is 149 Å². The predicted molar refractivity (Wildman–Crippen MR) is 97.6 cm³/mol. The van der Waals surface area contributed by atoms with Gasteiger partial charge >= 0.3 is 23.9 Å². The molecule has 0 aromatic carbocycles. The monoisotopic (exact) mass is 398 g/mol. The Labute approximate surface area is 163 Å². The second-order valence-corrected chi connectivity index (χ2v) is 8.23. The maximum atomic E-state index is 11.9. The molecule has 2 saturated carbocycles. The molecule has 158 valence electrons. The third-order valence-electron chi connectivity index (χ3n) is 6.74. The van der Waals surface area contributed by atoms with Gasteiger partial charge in [0.2, 0.25) is 0 Å². The molecule has 7 atom stereocenters. The Kier molecular flexibility index (Phi) is 7.43. The first-order valence-electron chi connectivity index (χ1n) is 10.1. The average molecular weight is 398 g/mol. The lowest BCUT2D eigenvalue weighted by Crippen LogP contribution is -2.63. The molecule has 0 heterocycles. The van der Waals surface area contributed by atoms with Crippen molar-refractivity contribution < 1.29 is 39.6 Å². The van der Waals surface area contributed by atoms with Crippen molar-refractivity contribution in [2.45, 2.75) is 58.3 Å². The van der Waals surface area contributed by atoms with Crippen LogP contribution in [0.25, 0.3) is 0 Å². The van der Waals surface area contributed by atoms with Crippen LogP contribution in [0.4, 0.5) is 0 Å². The Morgan fingerprint density at radius 3 is 1.75 bits per heavy atom. The van der Waals surface area contributed by atoms with E-state index in [4.69, 9.17) is 0 Å². The van der Waals surface area contributed by atoms with Gasteiger partial charge in [0.25, 0.3) is 0 Å². The minimum absolute atomic E-state index is 0.0925. The molecule has 0 aliphatic heterocycles. The highest BCUT2D eigenvalue weighted by molar-refractivity contribution is 5.85. The van der Waals surface area contributed by atoms with Crippen molar-refractivity contribution in [3.63, 3.8) is 0 Å². The molecular weight excluding hydrogens is 368 g/mol. The first-order valence-corrected chi connectivity index (χ1v) is 10.1. The lowest BCUT2D eigenvalue weighted by molar-refractivity contribution is -0.200. The molecule has 0 radical (unpaired) electrons. The van der Waals surface area contributed by atoms with Gasteiger partial charge in [-0.3, -0.25) is 19.2 Å². The third-order valence-corrected chi connectivity index (χ3v) is 6.74. The third kappa shape index (κ3) is 4.31. The molecule has 0 bridgehead atoms. The summed E-state index contributed by atoms with van der Waals surface area (Å²) in [6, 6.07) is 0. The van der Waals surface area contributed by atoms with Gasteiger partial charge in [-0.2, -0.15) is 0 Å². The molecule has 0 amide bonds. The summed E-state index contributed by atoms with van der Waals surface area (Å²) in [6.45, 7) is 2.10.